The molecule has 0 aromatic carbocycles. The Labute approximate surface area is 235 Å². The highest BCUT2D eigenvalue weighted by atomic mass is 16.5. The summed E-state index contributed by atoms with van der Waals surface area (Å²) in [5.41, 5.74) is 0.0199. The van der Waals surface area contributed by atoms with E-state index in [2.05, 4.69) is 40.7 Å². The zero-order chi connectivity index (χ0) is 28.8. The molecule has 39 heavy (non-hydrogen) atoms. The van der Waals surface area contributed by atoms with E-state index in [1.54, 1.807) is 14.2 Å². The fourth-order valence-electron chi connectivity index (χ4n) is 11.5. The van der Waals surface area contributed by atoms with Crippen molar-refractivity contribution in [3.8, 4) is 0 Å². The van der Waals surface area contributed by atoms with Crippen molar-refractivity contribution in [2.45, 2.75) is 112 Å². The van der Waals surface area contributed by atoms with Gasteiger partial charge in [0.15, 0.2) is 0 Å². The molecule has 0 aromatic rings. The summed E-state index contributed by atoms with van der Waals surface area (Å²) in [5, 5.41) is 11.5. The molecule has 4 fully saturated rings. The monoisotopic (exact) mass is 544 g/mol. The van der Waals surface area contributed by atoms with Crippen LogP contribution in [0.5, 0.6) is 0 Å². The normalized spacial score (nSPS) is 50.3. The van der Waals surface area contributed by atoms with Crippen LogP contribution >= 0.6 is 0 Å². The Morgan fingerprint density at radius 1 is 0.846 bits per heavy atom. The van der Waals surface area contributed by atoms with E-state index < -0.39 is 23.0 Å². The van der Waals surface area contributed by atoms with Crippen LogP contribution in [0.1, 0.15) is 99.3 Å². The van der Waals surface area contributed by atoms with Crippen LogP contribution in [0.15, 0.2) is 11.6 Å². The fourth-order valence-corrected chi connectivity index (χ4v) is 11.5. The molecule has 0 unspecified atom stereocenters. The van der Waals surface area contributed by atoms with E-state index in [1.807, 2.05) is 6.92 Å². The first-order valence-corrected chi connectivity index (χ1v) is 15.2. The summed E-state index contributed by atoms with van der Waals surface area (Å²) in [6.07, 6.45) is 9.38. The SMILES string of the molecule is COC(=O)[C@]12CCC(C)(C)C[C@H]1C1=CC[C@@H]3[C@@]4(C)C[C@H](O)[C@H](OC)[C@@](C)(C(=O)OC)[C@@H]4CC[C@@]3(C)[C@]1(C)CC2. The van der Waals surface area contributed by atoms with Gasteiger partial charge in [0.1, 0.15) is 0 Å². The molecule has 0 radical (unpaired) electrons. The number of hydrogen-bond acceptors (Lipinski definition) is 6. The van der Waals surface area contributed by atoms with Crippen LogP contribution in [0.2, 0.25) is 0 Å². The number of fused-ring (bicyclic) bond motifs is 7. The largest absolute Gasteiger partial charge is 0.469 e. The number of allylic oxidation sites excluding steroid dienone is 2. The second-order valence-corrected chi connectivity index (χ2v) is 15.6. The highest BCUT2D eigenvalue weighted by Crippen LogP contribution is 2.76. The maximum atomic E-state index is 13.4. The van der Waals surface area contributed by atoms with Gasteiger partial charge >= 0.3 is 11.9 Å². The van der Waals surface area contributed by atoms with Gasteiger partial charge in [-0.2, -0.15) is 0 Å². The van der Waals surface area contributed by atoms with E-state index in [0.29, 0.717) is 12.3 Å². The number of carbonyl (C=O) groups is 2. The molecule has 0 heterocycles. The summed E-state index contributed by atoms with van der Waals surface area (Å²) in [7, 11) is 4.60. The minimum Gasteiger partial charge on any atom is -0.469 e. The Kier molecular flexibility index (Phi) is 6.75. The lowest BCUT2D eigenvalue weighted by atomic mass is 9.33. The quantitative estimate of drug-likeness (QED) is 0.342. The van der Waals surface area contributed by atoms with E-state index in [-0.39, 0.29) is 45.4 Å². The van der Waals surface area contributed by atoms with Gasteiger partial charge in [0.25, 0.3) is 0 Å². The number of methoxy groups -OCH3 is 3. The molecule has 1 N–H and O–H groups in total. The predicted molar refractivity (Wildman–Crippen MR) is 150 cm³/mol. The first-order valence-electron chi connectivity index (χ1n) is 15.2. The molecule has 0 bridgehead atoms. The van der Waals surface area contributed by atoms with Gasteiger partial charge in [-0.3, -0.25) is 9.59 Å². The van der Waals surface area contributed by atoms with Crippen LogP contribution in [0.25, 0.3) is 0 Å². The fraction of sp³-hybridized carbons (Fsp3) is 0.879. The minimum atomic E-state index is -0.915. The highest BCUT2D eigenvalue weighted by molar-refractivity contribution is 5.79. The van der Waals surface area contributed by atoms with Crippen LogP contribution in [-0.2, 0) is 23.8 Å². The summed E-state index contributed by atoms with van der Waals surface area (Å²) in [6.45, 7) is 13.9. The zero-order valence-electron chi connectivity index (χ0n) is 25.8. The van der Waals surface area contributed by atoms with E-state index >= 15 is 0 Å². The topological polar surface area (TPSA) is 82.1 Å². The molecule has 0 aliphatic heterocycles. The van der Waals surface area contributed by atoms with Crippen molar-refractivity contribution in [1.82, 2.24) is 0 Å². The van der Waals surface area contributed by atoms with E-state index in [9.17, 15) is 14.7 Å². The molecular weight excluding hydrogens is 492 g/mol. The Hall–Kier alpha value is -1.40. The van der Waals surface area contributed by atoms with Gasteiger partial charge in [-0.25, -0.2) is 0 Å². The standard InChI is InChI=1S/C33H52O6/c1-28(2)14-16-33(27(36)39-9)17-15-30(4)20(21(33)18-28)10-11-23-29(3)19-22(34)25(37-7)32(6,26(35)38-8)24(29)12-13-31(23,30)5/h10,21-25,34H,11-19H2,1-9H3/t21-,22-,23+,24+,25-,29+,30+,31+,32-,33-/m0/s1. The number of carbonyl (C=O) groups excluding carboxylic acids is 2. The van der Waals surface area contributed by atoms with Crippen molar-refractivity contribution >= 4 is 11.9 Å². The van der Waals surface area contributed by atoms with Crippen molar-refractivity contribution in [1.29, 1.82) is 0 Å². The predicted octanol–water partition coefficient (Wildman–Crippen LogP) is 6.10. The number of aliphatic hydroxyl groups is 1. The zero-order valence-corrected chi connectivity index (χ0v) is 25.8. The van der Waals surface area contributed by atoms with Crippen molar-refractivity contribution < 1.29 is 28.9 Å². The van der Waals surface area contributed by atoms with Crippen LogP contribution in [0.3, 0.4) is 0 Å². The lowest BCUT2D eigenvalue weighted by Gasteiger charge is -2.71. The molecule has 0 spiro atoms. The van der Waals surface area contributed by atoms with Crippen molar-refractivity contribution in [2.24, 2.45) is 50.2 Å². The lowest BCUT2D eigenvalue weighted by molar-refractivity contribution is -0.245. The number of ether oxygens (including phenoxy) is 3. The first kappa shape index (κ1) is 29.1. The third kappa shape index (κ3) is 3.58. The smallest absolute Gasteiger partial charge is 0.314 e. The Morgan fingerprint density at radius 2 is 1.49 bits per heavy atom. The molecule has 5 rings (SSSR count). The Bertz CT molecular complexity index is 1060. The number of hydrogen-bond donors (Lipinski definition) is 1. The van der Waals surface area contributed by atoms with Crippen LogP contribution in [0, 0.1) is 50.2 Å². The van der Waals surface area contributed by atoms with Crippen molar-refractivity contribution in [2.75, 3.05) is 21.3 Å². The first-order chi connectivity index (χ1) is 18.1. The Balaban J connectivity index is 1.61. The maximum absolute atomic E-state index is 13.4. The van der Waals surface area contributed by atoms with Crippen molar-refractivity contribution in [3.63, 3.8) is 0 Å². The average Bonchev–Trinajstić information content (AvgIpc) is 2.87. The lowest BCUT2D eigenvalue weighted by Crippen LogP contribution is -2.69. The molecule has 6 nitrogen and oxygen atoms in total. The highest BCUT2D eigenvalue weighted by Gasteiger charge is 2.72. The van der Waals surface area contributed by atoms with Crippen molar-refractivity contribution in [3.05, 3.63) is 11.6 Å². The molecule has 5 aliphatic carbocycles. The number of esters is 2. The summed E-state index contributed by atoms with van der Waals surface area (Å²) in [4.78, 5) is 26.8. The molecule has 0 amide bonds. The number of aliphatic hydroxyl groups excluding tert-OH is 1. The average molecular weight is 545 g/mol. The molecule has 0 aromatic heterocycles. The second kappa shape index (κ2) is 9.05. The molecule has 10 atom stereocenters. The van der Waals surface area contributed by atoms with Gasteiger partial charge in [-0.15, -0.1) is 0 Å². The summed E-state index contributed by atoms with van der Waals surface area (Å²) >= 11 is 0. The summed E-state index contributed by atoms with van der Waals surface area (Å²) < 4.78 is 16.7. The molecule has 6 heteroatoms. The molecule has 4 saturated carbocycles. The van der Waals surface area contributed by atoms with E-state index in [4.69, 9.17) is 14.2 Å². The third-order valence-electron chi connectivity index (χ3n) is 13.7. The molecule has 220 valence electrons. The summed E-state index contributed by atoms with van der Waals surface area (Å²) in [5.74, 6) is 0.246. The molecule has 0 saturated heterocycles. The van der Waals surface area contributed by atoms with Crippen LogP contribution in [0.4, 0.5) is 0 Å². The maximum Gasteiger partial charge on any atom is 0.314 e. The molecular formula is C33H52O6. The van der Waals surface area contributed by atoms with Gasteiger partial charge in [0.2, 0.25) is 0 Å². The minimum absolute atomic E-state index is 0.0111. The number of rotatable bonds is 3. The van der Waals surface area contributed by atoms with E-state index in [1.165, 1.54) is 12.7 Å². The van der Waals surface area contributed by atoms with Gasteiger partial charge in [0, 0.05) is 7.11 Å². The third-order valence-corrected chi connectivity index (χ3v) is 13.7. The van der Waals surface area contributed by atoms with Gasteiger partial charge < -0.3 is 19.3 Å². The van der Waals surface area contributed by atoms with E-state index in [0.717, 1.165) is 51.4 Å². The van der Waals surface area contributed by atoms with Gasteiger partial charge in [-0.05, 0) is 104 Å². The van der Waals surface area contributed by atoms with Crippen LogP contribution in [-0.4, -0.2) is 50.6 Å². The van der Waals surface area contributed by atoms with Crippen LogP contribution < -0.4 is 0 Å². The second-order valence-electron chi connectivity index (χ2n) is 15.6. The van der Waals surface area contributed by atoms with Gasteiger partial charge in [0.05, 0.1) is 37.3 Å². The summed E-state index contributed by atoms with van der Waals surface area (Å²) in [6, 6.07) is 0. The van der Waals surface area contributed by atoms with Gasteiger partial charge in [-0.1, -0.05) is 46.3 Å². The molecule has 5 aliphatic rings. The Morgan fingerprint density at radius 3 is 2.10 bits per heavy atom.